The molecule has 26 heavy (non-hydrogen) atoms. The van der Waals surface area contributed by atoms with Crippen molar-refractivity contribution in [2.24, 2.45) is 10.9 Å². The maximum atomic E-state index is 11.0. The van der Waals surface area contributed by atoms with Crippen molar-refractivity contribution in [2.45, 2.75) is 58.8 Å². The molecule has 0 unspecified atom stereocenters. The first-order valence-corrected chi connectivity index (χ1v) is 9.97. The SMILES string of the molecule is CCNC(=NCCCN1CCC(C)CC1)NCCCCCC(=O)OC.I. The zero-order valence-corrected chi connectivity index (χ0v) is 19.2. The second-order valence-electron chi connectivity index (χ2n) is 6.95. The van der Waals surface area contributed by atoms with E-state index in [1.807, 2.05) is 0 Å². The summed E-state index contributed by atoms with van der Waals surface area (Å²) in [6, 6.07) is 0. The molecule has 6 nitrogen and oxygen atoms in total. The van der Waals surface area contributed by atoms with Crippen molar-refractivity contribution in [3.05, 3.63) is 0 Å². The van der Waals surface area contributed by atoms with Gasteiger partial charge in [-0.05, 0) is 64.6 Å². The van der Waals surface area contributed by atoms with Crippen LogP contribution in [0, 0.1) is 5.92 Å². The van der Waals surface area contributed by atoms with Crippen LogP contribution in [0.5, 0.6) is 0 Å². The van der Waals surface area contributed by atoms with E-state index >= 15 is 0 Å². The third-order valence-corrected chi connectivity index (χ3v) is 4.70. The smallest absolute Gasteiger partial charge is 0.305 e. The Balaban J connectivity index is 0.00000625. The predicted molar refractivity (Wildman–Crippen MR) is 119 cm³/mol. The van der Waals surface area contributed by atoms with Gasteiger partial charge in [-0.1, -0.05) is 13.3 Å². The Hall–Kier alpha value is -0.570. The Morgan fingerprint density at radius 2 is 1.88 bits per heavy atom. The second-order valence-corrected chi connectivity index (χ2v) is 6.95. The number of ether oxygens (including phenoxy) is 1. The number of hydrogen-bond acceptors (Lipinski definition) is 4. The molecule has 0 aromatic carbocycles. The van der Waals surface area contributed by atoms with Crippen LogP contribution in [0.2, 0.25) is 0 Å². The summed E-state index contributed by atoms with van der Waals surface area (Å²) in [6.45, 7) is 10.7. The highest BCUT2D eigenvalue weighted by atomic mass is 127. The van der Waals surface area contributed by atoms with Gasteiger partial charge in [-0.25, -0.2) is 0 Å². The first-order chi connectivity index (χ1) is 12.2. The number of piperidine rings is 1. The number of likely N-dealkylation sites (tertiary alicyclic amines) is 1. The maximum absolute atomic E-state index is 11.0. The molecule has 1 aliphatic rings. The lowest BCUT2D eigenvalue weighted by Gasteiger charge is -2.29. The summed E-state index contributed by atoms with van der Waals surface area (Å²) in [5, 5.41) is 6.67. The molecule has 0 saturated carbocycles. The molecule has 0 atom stereocenters. The van der Waals surface area contributed by atoms with Gasteiger partial charge in [0.05, 0.1) is 7.11 Å². The van der Waals surface area contributed by atoms with Gasteiger partial charge in [-0.3, -0.25) is 9.79 Å². The molecule has 0 spiro atoms. The van der Waals surface area contributed by atoms with Gasteiger partial charge < -0.3 is 20.3 Å². The number of aliphatic imine (C=N–C) groups is 1. The number of carbonyl (C=O) groups is 1. The number of nitrogens with one attached hydrogen (secondary N) is 2. The fourth-order valence-corrected chi connectivity index (χ4v) is 2.99. The molecule has 0 aromatic heterocycles. The summed E-state index contributed by atoms with van der Waals surface area (Å²) < 4.78 is 4.64. The van der Waals surface area contributed by atoms with Crippen LogP contribution in [-0.4, -0.2) is 63.2 Å². The van der Waals surface area contributed by atoms with E-state index in [4.69, 9.17) is 0 Å². The van der Waals surface area contributed by atoms with Crippen molar-refractivity contribution >= 4 is 35.9 Å². The van der Waals surface area contributed by atoms with Gasteiger partial charge >= 0.3 is 5.97 Å². The highest BCUT2D eigenvalue weighted by Crippen LogP contribution is 2.15. The van der Waals surface area contributed by atoms with E-state index in [0.29, 0.717) is 6.42 Å². The van der Waals surface area contributed by atoms with Gasteiger partial charge in [0.2, 0.25) is 0 Å². The predicted octanol–water partition coefficient (Wildman–Crippen LogP) is 3.01. The molecule has 2 N–H and O–H groups in total. The minimum absolute atomic E-state index is 0. The third-order valence-electron chi connectivity index (χ3n) is 4.70. The summed E-state index contributed by atoms with van der Waals surface area (Å²) in [5.74, 6) is 1.68. The van der Waals surface area contributed by atoms with Crippen molar-refractivity contribution in [1.82, 2.24) is 15.5 Å². The van der Waals surface area contributed by atoms with Gasteiger partial charge in [0.15, 0.2) is 5.96 Å². The van der Waals surface area contributed by atoms with E-state index in [9.17, 15) is 4.79 Å². The zero-order valence-electron chi connectivity index (χ0n) is 16.9. The van der Waals surface area contributed by atoms with Crippen LogP contribution in [0.25, 0.3) is 0 Å². The number of hydrogen-bond donors (Lipinski definition) is 2. The summed E-state index contributed by atoms with van der Waals surface area (Å²) in [4.78, 5) is 18.3. The van der Waals surface area contributed by atoms with E-state index in [0.717, 1.165) is 63.7 Å². The summed E-state index contributed by atoms with van der Waals surface area (Å²) in [5.41, 5.74) is 0. The zero-order chi connectivity index (χ0) is 18.3. The number of halogens is 1. The van der Waals surface area contributed by atoms with Crippen molar-refractivity contribution in [1.29, 1.82) is 0 Å². The molecule has 0 aliphatic carbocycles. The lowest BCUT2D eigenvalue weighted by atomic mass is 9.99. The van der Waals surface area contributed by atoms with Crippen molar-refractivity contribution in [2.75, 3.05) is 46.4 Å². The van der Waals surface area contributed by atoms with Crippen LogP contribution in [-0.2, 0) is 9.53 Å². The Morgan fingerprint density at radius 3 is 2.54 bits per heavy atom. The number of esters is 1. The number of carbonyl (C=O) groups excluding carboxylic acids is 1. The largest absolute Gasteiger partial charge is 0.469 e. The number of unbranched alkanes of at least 4 members (excludes halogenated alkanes) is 2. The summed E-state index contributed by atoms with van der Waals surface area (Å²) in [7, 11) is 1.44. The molecule has 1 saturated heterocycles. The molecule has 0 radical (unpaired) electrons. The van der Waals surface area contributed by atoms with Gasteiger partial charge in [0, 0.05) is 26.1 Å². The summed E-state index contributed by atoms with van der Waals surface area (Å²) >= 11 is 0. The molecule has 0 aromatic rings. The average molecular weight is 482 g/mol. The van der Waals surface area contributed by atoms with Crippen LogP contribution in [0.4, 0.5) is 0 Å². The summed E-state index contributed by atoms with van der Waals surface area (Å²) in [6.07, 6.45) is 7.25. The van der Waals surface area contributed by atoms with E-state index in [1.54, 1.807) is 0 Å². The van der Waals surface area contributed by atoms with E-state index < -0.39 is 0 Å². The molecule has 154 valence electrons. The molecule has 1 fully saturated rings. The average Bonchev–Trinajstić information content (AvgIpc) is 2.62. The number of methoxy groups -OCH3 is 1. The Labute approximate surface area is 176 Å². The first kappa shape index (κ1) is 25.4. The van der Waals surface area contributed by atoms with Crippen LogP contribution < -0.4 is 10.6 Å². The molecule has 0 amide bonds. The Bertz CT molecular complexity index is 386. The lowest BCUT2D eigenvalue weighted by molar-refractivity contribution is -0.140. The third kappa shape index (κ3) is 12.7. The van der Waals surface area contributed by atoms with E-state index in [-0.39, 0.29) is 29.9 Å². The van der Waals surface area contributed by atoms with E-state index in [2.05, 4.69) is 39.1 Å². The van der Waals surface area contributed by atoms with Gasteiger partial charge in [0.1, 0.15) is 0 Å². The molecule has 1 aliphatic heterocycles. The molecular weight excluding hydrogens is 443 g/mol. The maximum Gasteiger partial charge on any atom is 0.305 e. The fraction of sp³-hybridized carbons (Fsp3) is 0.895. The Kier molecular flexibility index (Phi) is 16.2. The monoisotopic (exact) mass is 482 g/mol. The fourth-order valence-electron chi connectivity index (χ4n) is 2.99. The van der Waals surface area contributed by atoms with Crippen molar-refractivity contribution < 1.29 is 9.53 Å². The van der Waals surface area contributed by atoms with Crippen LogP contribution >= 0.6 is 24.0 Å². The molecule has 0 bridgehead atoms. The normalized spacial score (nSPS) is 16.0. The van der Waals surface area contributed by atoms with Crippen molar-refractivity contribution in [3.63, 3.8) is 0 Å². The van der Waals surface area contributed by atoms with Crippen LogP contribution in [0.1, 0.15) is 58.8 Å². The highest BCUT2D eigenvalue weighted by Gasteiger charge is 2.14. The standard InChI is InChI=1S/C19H38N4O2.HI/c1-4-20-19(21-12-7-5-6-9-18(24)25-3)22-13-8-14-23-15-10-17(2)11-16-23;/h17H,4-16H2,1-3H3,(H2,20,21,22);1H. The quantitative estimate of drug-likeness (QED) is 0.156. The molecule has 1 heterocycles. The van der Waals surface area contributed by atoms with Gasteiger partial charge in [-0.2, -0.15) is 0 Å². The first-order valence-electron chi connectivity index (χ1n) is 9.97. The van der Waals surface area contributed by atoms with Gasteiger partial charge in [-0.15, -0.1) is 24.0 Å². The molecule has 7 heteroatoms. The minimum Gasteiger partial charge on any atom is -0.469 e. The highest BCUT2D eigenvalue weighted by molar-refractivity contribution is 14.0. The number of nitrogens with zero attached hydrogens (tertiary/aromatic N) is 2. The molecule has 1 rings (SSSR count). The number of guanidine groups is 1. The minimum atomic E-state index is -0.119. The van der Waals surface area contributed by atoms with Crippen LogP contribution in [0.3, 0.4) is 0 Å². The van der Waals surface area contributed by atoms with Crippen molar-refractivity contribution in [3.8, 4) is 0 Å². The lowest BCUT2D eigenvalue weighted by Crippen LogP contribution is -2.38. The van der Waals surface area contributed by atoms with Crippen LogP contribution in [0.15, 0.2) is 4.99 Å². The number of rotatable bonds is 11. The van der Waals surface area contributed by atoms with E-state index in [1.165, 1.54) is 33.0 Å². The Morgan fingerprint density at radius 1 is 1.15 bits per heavy atom. The topological polar surface area (TPSA) is 66.0 Å². The van der Waals surface area contributed by atoms with Gasteiger partial charge in [0.25, 0.3) is 0 Å². The second kappa shape index (κ2) is 16.6. The molecular formula is C19H39IN4O2.